The molecule has 0 aliphatic carbocycles. The number of nitrogens with one attached hydrogen (secondary N) is 1. The Hall–Kier alpha value is -1.64. The Kier molecular flexibility index (Phi) is 4.26. The molecular formula is C11H12ClN3O4S. The van der Waals surface area contributed by atoms with E-state index in [-0.39, 0.29) is 22.4 Å². The molecule has 0 saturated carbocycles. The number of nitrogens with zero attached hydrogens (tertiary/aromatic N) is 2. The van der Waals surface area contributed by atoms with E-state index < -0.39 is 10.0 Å². The lowest BCUT2D eigenvalue weighted by molar-refractivity contribution is 0.414. The maximum atomic E-state index is 12.1. The van der Waals surface area contributed by atoms with Gasteiger partial charge in [-0.3, -0.25) is 0 Å². The molecule has 1 aromatic carbocycles. The fourth-order valence-electron chi connectivity index (χ4n) is 1.46. The molecule has 20 heavy (non-hydrogen) atoms. The summed E-state index contributed by atoms with van der Waals surface area (Å²) in [6.07, 6.45) is 0. The van der Waals surface area contributed by atoms with Gasteiger partial charge in [0.05, 0.1) is 23.6 Å². The molecule has 0 atom stereocenters. The van der Waals surface area contributed by atoms with Crippen molar-refractivity contribution in [3.8, 4) is 5.75 Å². The summed E-state index contributed by atoms with van der Waals surface area (Å²) in [7, 11) is -2.26. The molecule has 2 aromatic rings. The first-order valence-electron chi connectivity index (χ1n) is 5.54. The van der Waals surface area contributed by atoms with Gasteiger partial charge in [0, 0.05) is 6.92 Å². The third-order valence-electron chi connectivity index (χ3n) is 2.41. The van der Waals surface area contributed by atoms with E-state index >= 15 is 0 Å². The van der Waals surface area contributed by atoms with Crippen molar-refractivity contribution in [1.82, 2.24) is 14.9 Å². The van der Waals surface area contributed by atoms with Gasteiger partial charge in [-0.2, -0.15) is 0 Å². The quantitative estimate of drug-likeness (QED) is 0.898. The van der Waals surface area contributed by atoms with E-state index in [0.717, 1.165) is 0 Å². The summed E-state index contributed by atoms with van der Waals surface area (Å²) in [5, 5.41) is 7.52. The van der Waals surface area contributed by atoms with Crippen molar-refractivity contribution >= 4 is 21.6 Å². The zero-order valence-electron chi connectivity index (χ0n) is 10.8. The van der Waals surface area contributed by atoms with E-state index in [9.17, 15) is 8.42 Å². The van der Waals surface area contributed by atoms with Crippen molar-refractivity contribution in [3.63, 3.8) is 0 Å². The lowest BCUT2D eigenvalue weighted by atomic mass is 10.3. The maximum Gasteiger partial charge on any atom is 0.241 e. The summed E-state index contributed by atoms with van der Waals surface area (Å²) >= 11 is 5.90. The molecule has 0 saturated heterocycles. The highest BCUT2D eigenvalue weighted by Gasteiger charge is 2.17. The van der Waals surface area contributed by atoms with E-state index in [0.29, 0.717) is 11.6 Å². The summed E-state index contributed by atoms with van der Waals surface area (Å²) in [5.74, 6) is 0.954. The zero-order valence-corrected chi connectivity index (χ0v) is 12.3. The van der Waals surface area contributed by atoms with E-state index in [1.54, 1.807) is 6.92 Å². The lowest BCUT2D eigenvalue weighted by Gasteiger charge is -2.07. The van der Waals surface area contributed by atoms with Crippen molar-refractivity contribution in [3.05, 3.63) is 35.0 Å². The largest absolute Gasteiger partial charge is 0.495 e. The minimum atomic E-state index is -3.71. The average molecular weight is 318 g/mol. The van der Waals surface area contributed by atoms with Gasteiger partial charge in [-0.15, -0.1) is 10.2 Å². The normalized spacial score (nSPS) is 11.6. The van der Waals surface area contributed by atoms with Gasteiger partial charge < -0.3 is 9.15 Å². The number of aromatic nitrogens is 2. The van der Waals surface area contributed by atoms with Gasteiger partial charge in [-0.1, -0.05) is 11.6 Å². The third-order valence-corrected chi connectivity index (χ3v) is 4.11. The van der Waals surface area contributed by atoms with Crippen LogP contribution in [0, 0.1) is 6.92 Å². The van der Waals surface area contributed by atoms with Gasteiger partial charge in [0.15, 0.2) is 0 Å². The van der Waals surface area contributed by atoms with Crippen LogP contribution in [0.5, 0.6) is 5.75 Å². The Morgan fingerprint density at radius 1 is 1.40 bits per heavy atom. The number of halogens is 1. The van der Waals surface area contributed by atoms with Crippen molar-refractivity contribution in [2.75, 3.05) is 7.11 Å². The molecule has 1 heterocycles. The van der Waals surface area contributed by atoms with Crippen LogP contribution in [0.15, 0.2) is 27.5 Å². The van der Waals surface area contributed by atoms with Gasteiger partial charge in [0.25, 0.3) is 0 Å². The van der Waals surface area contributed by atoms with Crippen LogP contribution in [-0.4, -0.2) is 25.7 Å². The number of rotatable bonds is 5. The van der Waals surface area contributed by atoms with Crippen molar-refractivity contribution in [2.24, 2.45) is 0 Å². The van der Waals surface area contributed by atoms with Crippen LogP contribution < -0.4 is 9.46 Å². The standard InChI is InChI=1S/C11H12ClN3O4S/c1-7-14-15-11(19-7)6-13-20(16,17)8-3-4-10(18-2)9(12)5-8/h3-5,13H,6H2,1-2H3. The first-order chi connectivity index (χ1) is 9.42. The number of hydrogen-bond acceptors (Lipinski definition) is 6. The van der Waals surface area contributed by atoms with Gasteiger partial charge in [-0.05, 0) is 18.2 Å². The van der Waals surface area contributed by atoms with Gasteiger partial charge in [0.1, 0.15) is 5.75 Å². The van der Waals surface area contributed by atoms with Crippen LogP contribution in [0.3, 0.4) is 0 Å². The monoisotopic (exact) mass is 317 g/mol. The first kappa shape index (κ1) is 14.8. The number of methoxy groups -OCH3 is 1. The molecule has 0 aliphatic rings. The molecule has 0 aliphatic heterocycles. The number of sulfonamides is 1. The molecule has 0 unspecified atom stereocenters. The van der Waals surface area contributed by atoms with Crippen LogP contribution in [-0.2, 0) is 16.6 Å². The topological polar surface area (TPSA) is 94.3 Å². The van der Waals surface area contributed by atoms with E-state index in [1.165, 1.54) is 25.3 Å². The van der Waals surface area contributed by atoms with Gasteiger partial charge in [-0.25, -0.2) is 13.1 Å². The molecule has 0 radical (unpaired) electrons. The van der Waals surface area contributed by atoms with Crippen LogP contribution in [0.1, 0.15) is 11.8 Å². The maximum absolute atomic E-state index is 12.1. The van der Waals surface area contributed by atoms with Crippen LogP contribution in [0.4, 0.5) is 0 Å². The lowest BCUT2D eigenvalue weighted by Crippen LogP contribution is -2.23. The minimum Gasteiger partial charge on any atom is -0.495 e. The molecular weight excluding hydrogens is 306 g/mol. The molecule has 1 N–H and O–H groups in total. The Morgan fingerprint density at radius 3 is 2.70 bits per heavy atom. The predicted octanol–water partition coefficient (Wildman–Crippen LogP) is 1.52. The third kappa shape index (κ3) is 3.27. The average Bonchev–Trinajstić information content (AvgIpc) is 2.82. The Bertz CT molecular complexity index is 714. The zero-order chi connectivity index (χ0) is 14.8. The SMILES string of the molecule is COc1ccc(S(=O)(=O)NCc2nnc(C)o2)cc1Cl. The second kappa shape index (κ2) is 5.78. The van der Waals surface area contributed by atoms with Gasteiger partial charge >= 0.3 is 0 Å². The second-order valence-electron chi connectivity index (χ2n) is 3.84. The fraction of sp³-hybridized carbons (Fsp3) is 0.273. The molecule has 108 valence electrons. The first-order valence-corrected chi connectivity index (χ1v) is 7.40. The van der Waals surface area contributed by atoms with Crippen LogP contribution in [0.25, 0.3) is 0 Å². The molecule has 0 fully saturated rings. The van der Waals surface area contributed by atoms with E-state index in [2.05, 4.69) is 14.9 Å². The Labute approximate surface area is 121 Å². The second-order valence-corrected chi connectivity index (χ2v) is 6.01. The summed E-state index contributed by atoms with van der Waals surface area (Å²) in [5.41, 5.74) is 0. The van der Waals surface area contributed by atoms with Crippen molar-refractivity contribution < 1.29 is 17.6 Å². The smallest absolute Gasteiger partial charge is 0.241 e. The van der Waals surface area contributed by atoms with Gasteiger partial charge in [0.2, 0.25) is 21.8 Å². The summed E-state index contributed by atoms with van der Waals surface area (Å²) in [4.78, 5) is 0.0273. The predicted molar refractivity (Wildman–Crippen MR) is 71.1 cm³/mol. The minimum absolute atomic E-state index is 0.0273. The van der Waals surface area contributed by atoms with Crippen LogP contribution in [0.2, 0.25) is 5.02 Å². The molecule has 0 bridgehead atoms. The Balaban J connectivity index is 2.15. The summed E-state index contributed by atoms with van der Waals surface area (Å²) in [6.45, 7) is 1.53. The molecule has 0 spiro atoms. The van der Waals surface area contributed by atoms with E-state index in [4.69, 9.17) is 20.8 Å². The highest BCUT2D eigenvalue weighted by atomic mass is 35.5. The van der Waals surface area contributed by atoms with E-state index in [1.807, 2.05) is 0 Å². The number of aryl methyl sites for hydroxylation is 1. The molecule has 9 heteroatoms. The molecule has 7 nitrogen and oxygen atoms in total. The number of benzene rings is 1. The highest BCUT2D eigenvalue weighted by molar-refractivity contribution is 7.89. The Morgan fingerprint density at radius 2 is 2.15 bits per heavy atom. The van der Waals surface area contributed by atoms with Crippen LogP contribution >= 0.6 is 11.6 Å². The number of ether oxygens (including phenoxy) is 1. The van der Waals surface area contributed by atoms with Crippen molar-refractivity contribution in [1.29, 1.82) is 0 Å². The summed E-state index contributed by atoms with van der Waals surface area (Å²) < 4.78 is 36.5. The fourth-order valence-corrected chi connectivity index (χ4v) is 2.79. The van der Waals surface area contributed by atoms with Crippen molar-refractivity contribution in [2.45, 2.75) is 18.4 Å². The number of hydrogen-bond donors (Lipinski definition) is 1. The molecule has 2 rings (SSSR count). The molecule has 1 aromatic heterocycles. The summed E-state index contributed by atoms with van der Waals surface area (Å²) in [6, 6.07) is 4.18. The highest BCUT2D eigenvalue weighted by Crippen LogP contribution is 2.26. The molecule has 0 amide bonds.